The summed E-state index contributed by atoms with van der Waals surface area (Å²) >= 11 is 0. The molecule has 4 N–H and O–H groups in total. The van der Waals surface area contributed by atoms with Crippen LogP contribution in [-0.2, 0) is 10.2 Å². The molecule has 0 spiro atoms. The third-order valence-electron chi connectivity index (χ3n) is 1.42. The van der Waals surface area contributed by atoms with Crippen molar-refractivity contribution in [1.29, 1.82) is 5.41 Å². The van der Waals surface area contributed by atoms with E-state index in [1.54, 1.807) is 0 Å². The summed E-state index contributed by atoms with van der Waals surface area (Å²) in [7, 11) is -2.12. The number of rotatable bonds is 6. The number of hydrogen-bond acceptors (Lipinski definition) is 3. The molecule has 0 rings (SSSR count). The Hall–Kier alpha value is -0.660. The van der Waals surface area contributed by atoms with E-state index in [0.29, 0.717) is 13.0 Å². The molecule has 0 aliphatic rings. The van der Waals surface area contributed by atoms with Gasteiger partial charge < -0.3 is 5.73 Å². The summed E-state index contributed by atoms with van der Waals surface area (Å²) in [5.74, 6) is -0.160. The van der Waals surface area contributed by atoms with E-state index < -0.39 is 10.2 Å². The Morgan fingerprint density at radius 3 is 2.46 bits per heavy atom. The zero-order valence-corrected chi connectivity index (χ0v) is 8.69. The SMILES string of the molecule is CCCN(CC(=N)N)S(=O)(=O)NC. The minimum absolute atomic E-state index is 0.0585. The van der Waals surface area contributed by atoms with E-state index in [-0.39, 0.29) is 12.4 Å². The average Bonchev–Trinajstić information content (AvgIpc) is 2.03. The summed E-state index contributed by atoms with van der Waals surface area (Å²) in [4.78, 5) is 0. The van der Waals surface area contributed by atoms with E-state index in [1.807, 2.05) is 6.92 Å². The Kier molecular flexibility index (Phi) is 4.89. The zero-order chi connectivity index (χ0) is 10.5. The third kappa shape index (κ3) is 4.20. The van der Waals surface area contributed by atoms with Crippen molar-refractivity contribution < 1.29 is 8.42 Å². The lowest BCUT2D eigenvalue weighted by atomic mass is 10.4. The maximum atomic E-state index is 11.3. The average molecular weight is 208 g/mol. The largest absolute Gasteiger partial charge is 0.387 e. The van der Waals surface area contributed by atoms with Crippen LogP contribution < -0.4 is 10.5 Å². The molecule has 0 amide bonds. The van der Waals surface area contributed by atoms with E-state index in [4.69, 9.17) is 11.1 Å². The van der Waals surface area contributed by atoms with Crippen LogP contribution in [0.1, 0.15) is 13.3 Å². The molecule has 0 heterocycles. The summed E-state index contributed by atoms with van der Waals surface area (Å²) in [6.45, 7) is 2.16. The fourth-order valence-corrected chi connectivity index (χ4v) is 1.84. The van der Waals surface area contributed by atoms with Gasteiger partial charge in [0.1, 0.15) is 5.84 Å². The fraction of sp³-hybridized carbons (Fsp3) is 0.833. The van der Waals surface area contributed by atoms with Crippen LogP contribution in [0.5, 0.6) is 0 Å². The Morgan fingerprint density at radius 2 is 2.15 bits per heavy atom. The molecule has 7 heteroatoms. The number of amidine groups is 1. The van der Waals surface area contributed by atoms with E-state index in [2.05, 4.69) is 4.72 Å². The Morgan fingerprint density at radius 1 is 1.62 bits per heavy atom. The number of nitrogens with zero attached hydrogens (tertiary/aromatic N) is 1. The van der Waals surface area contributed by atoms with E-state index in [1.165, 1.54) is 7.05 Å². The molecule has 0 atom stereocenters. The Bertz CT molecular complexity index is 262. The van der Waals surface area contributed by atoms with Gasteiger partial charge in [0.05, 0.1) is 6.54 Å². The van der Waals surface area contributed by atoms with Gasteiger partial charge >= 0.3 is 0 Å². The summed E-state index contributed by atoms with van der Waals surface area (Å²) in [6, 6.07) is 0. The van der Waals surface area contributed by atoms with Crippen molar-refractivity contribution in [2.45, 2.75) is 13.3 Å². The van der Waals surface area contributed by atoms with Crippen molar-refractivity contribution in [3.05, 3.63) is 0 Å². The van der Waals surface area contributed by atoms with Crippen molar-refractivity contribution in [3.63, 3.8) is 0 Å². The highest BCUT2D eigenvalue weighted by atomic mass is 32.2. The second kappa shape index (κ2) is 5.15. The molecular weight excluding hydrogens is 192 g/mol. The molecule has 0 radical (unpaired) electrons. The van der Waals surface area contributed by atoms with Gasteiger partial charge in [0.2, 0.25) is 0 Å². The van der Waals surface area contributed by atoms with Crippen LogP contribution in [0, 0.1) is 5.41 Å². The van der Waals surface area contributed by atoms with Crippen molar-refractivity contribution in [2.75, 3.05) is 20.1 Å². The predicted octanol–water partition coefficient (Wildman–Crippen LogP) is -0.901. The second-order valence-electron chi connectivity index (χ2n) is 2.57. The highest BCUT2D eigenvalue weighted by Gasteiger charge is 2.19. The Labute approximate surface area is 78.8 Å². The molecule has 0 aromatic heterocycles. The topological polar surface area (TPSA) is 99.3 Å². The monoisotopic (exact) mass is 208 g/mol. The molecule has 0 aromatic rings. The van der Waals surface area contributed by atoms with Crippen molar-refractivity contribution in [2.24, 2.45) is 5.73 Å². The van der Waals surface area contributed by atoms with Gasteiger partial charge in [-0.2, -0.15) is 12.7 Å². The van der Waals surface area contributed by atoms with Crippen LogP contribution in [0.15, 0.2) is 0 Å². The standard InChI is InChI=1S/C6H16N4O2S/c1-3-4-10(5-6(7)8)13(11,12)9-2/h9H,3-5H2,1-2H3,(H3,7,8). The van der Waals surface area contributed by atoms with Gasteiger partial charge in [0, 0.05) is 13.6 Å². The second-order valence-corrected chi connectivity index (χ2v) is 4.44. The lowest BCUT2D eigenvalue weighted by Gasteiger charge is -2.19. The van der Waals surface area contributed by atoms with Gasteiger partial charge in [-0.25, -0.2) is 4.72 Å². The van der Waals surface area contributed by atoms with Crippen molar-refractivity contribution in [3.8, 4) is 0 Å². The van der Waals surface area contributed by atoms with Gasteiger partial charge in [-0.05, 0) is 6.42 Å². The summed E-state index contributed by atoms with van der Waals surface area (Å²) < 4.78 is 25.9. The molecule has 78 valence electrons. The van der Waals surface area contributed by atoms with Crippen LogP contribution in [-0.4, -0.2) is 38.7 Å². The van der Waals surface area contributed by atoms with Crippen LogP contribution in [0.3, 0.4) is 0 Å². The van der Waals surface area contributed by atoms with E-state index >= 15 is 0 Å². The molecular formula is C6H16N4O2S. The van der Waals surface area contributed by atoms with E-state index in [9.17, 15) is 8.42 Å². The molecule has 0 aromatic carbocycles. The van der Waals surface area contributed by atoms with E-state index in [0.717, 1.165) is 4.31 Å². The van der Waals surface area contributed by atoms with Crippen molar-refractivity contribution >= 4 is 16.0 Å². The quantitative estimate of drug-likeness (QED) is 0.389. The lowest BCUT2D eigenvalue weighted by molar-refractivity contribution is 0.441. The molecule has 0 unspecified atom stereocenters. The molecule has 0 bridgehead atoms. The van der Waals surface area contributed by atoms with Crippen LogP contribution in [0.25, 0.3) is 0 Å². The Balaban J connectivity index is 4.51. The smallest absolute Gasteiger partial charge is 0.279 e. The number of nitrogens with two attached hydrogens (primary N) is 1. The minimum Gasteiger partial charge on any atom is -0.387 e. The first-order chi connectivity index (χ1) is 5.94. The highest BCUT2D eigenvalue weighted by molar-refractivity contribution is 7.87. The lowest BCUT2D eigenvalue weighted by Crippen LogP contribution is -2.43. The zero-order valence-electron chi connectivity index (χ0n) is 7.87. The van der Waals surface area contributed by atoms with Gasteiger partial charge in [0.25, 0.3) is 10.2 Å². The van der Waals surface area contributed by atoms with Gasteiger partial charge in [-0.15, -0.1) is 0 Å². The fourth-order valence-electron chi connectivity index (χ4n) is 0.853. The van der Waals surface area contributed by atoms with Crippen LogP contribution >= 0.6 is 0 Å². The molecule has 0 saturated heterocycles. The first-order valence-electron chi connectivity index (χ1n) is 3.95. The maximum absolute atomic E-state index is 11.3. The first-order valence-corrected chi connectivity index (χ1v) is 5.39. The summed E-state index contributed by atoms with van der Waals surface area (Å²) in [5, 5.41) is 7.00. The summed E-state index contributed by atoms with van der Waals surface area (Å²) in [6.07, 6.45) is 0.689. The minimum atomic E-state index is -3.45. The molecule has 0 aliphatic carbocycles. The van der Waals surface area contributed by atoms with Gasteiger partial charge in [-0.3, -0.25) is 5.41 Å². The predicted molar refractivity (Wildman–Crippen MR) is 51.8 cm³/mol. The number of nitrogens with one attached hydrogen (secondary N) is 2. The maximum Gasteiger partial charge on any atom is 0.279 e. The normalized spacial score (nSPS) is 11.9. The molecule has 0 aliphatic heterocycles. The van der Waals surface area contributed by atoms with Crippen LogP contribution in [0.2, 0.25) is 0 Å². The van der Waals surface area contributed by atoms with Crippen molar-refractivity contribution in [1.82, 2.24) is 9.03 Å². The van der Waals surface area contributed by atoms with Crippen LogP contribution in [0.4, 0.5) is 0 Å². The molecule has 6 nitrogen and oxygen atoms in total. The highest BCUT2D eigenvalue weighted by Crippen LogP contribution is 1.97. The third-order valence-corrected chi connectivity index (χ3v) is 2.92. The molecule has 13 heavy (non-hydrogen) atoms. The number of hydrogen-bond donors (Lipinski definition) is 3. The van der Waals surface area contributed by atoms with Gasteiger partial charge in [-0.1, -0.05) is 6.92 Å². The molecule has 0 saturated carbocycles. The first kappa shape index (κ1) is 12.3. The summed E-state index contributed by atoms with van der Waals surface area (Å²) in [5.41, 5.74) is 5.12. The van der Waals surface area contributed by atoms with Gasteiger partial charge in [0.15, 0.2) is 0 Å². The molecule has 0 fully saturated rings.